The Morgan fingerprint density at radius 2 is 1.82 bits per heavy atom. The molecule has 0 unspecified atom stereocenters. The summed E-state index contributed by atoms with van der Waals surface area (Å²) in [5.74, 6) is 1.70. The molecule has 0 radical (unpaired) electrons. The maximum absolute atomic E-state index is 13.7. The zero-order valence-corrected chi connectivity index (χ0v) is 24.7. The highest BCUT2D eigenvalue weighted by Crippen LogP contribution is 2.53. The van der Waals surface area contributed by atoms with Crippen molar-refractivity contribution >= 4 is 5.91 Å². The zero-order chi connectivity index (χ0) is 28.2. The minimum atomic E-state index is -0.853. The van der Waals surface area contributed by atoms with Crippen LogP contribution in [0.5, 0.6) is 5.75 Å². The number of aromatic hydroxyl groups is 1. The SMILES string of the molecule is CC(C)CN(C(=O)CCCCCc1ccccc1)[C@H]1CC[C@]2(O)CN(CC3CC3)CC[C@@]2(c2cccc(O)c2)C1. The highest BCUT2D eigenvalue weighted by atomic mass is 16.3. The first-order chi connectivity index (χ1) is 19.3. The van der Waals surface area contributed by atoms with Crippen molar-refractivity contribution in [1.82, 2.24) is 9.80 Å². The van der Waals surface area contributed by atoms with Gasteiger partial charge in [0.25, 0.3) is 0 Å². The number of nitrogens with zero attached hydrogens (tertiary/aromatic N) is 2. The number of fused-ring (bicyclic) bond motifs is 1. The summed E-state index contributed by atoms with van der Waals surface area (Å²) in [5.41, 5.74) is 1.09. The molecular formula is C35H50N2O3. The van der Waals surface area contributed by atoms with Gasteiger partial charge in [0.05, 0.1) is 5.60 Å². The maximum Gasteiger partial charge on any atom is 0.222 e. The van der Waals surface area contributed by atoms with Gasteiger partial charge in [-0.3, -0.25) is 4.79 Å². The van der Waals surface area contributed by atoms with E-state index in [2.05, 4.69) is 60.0 Å². The molecule has 0 bridgehead atoms. The lowest BCUT2D eigenvalue weighted by Gasteiger charge is -2.59. The number of hydrogen-bond acceptors (Lipinski definition) is 4. The minimum Gasteiger partial charge on any atom is -0.508 e. The molecular weight excluding hydrogens is 496 g/mol. The summed E-state index contributed by atoms with van der Waals surface area (Å²) >= 11 is 0. The molecule has 0 aromatic heterocycles. The third-order valence-electron chi connectivity index (χ3n) is 9.84. The fourth-order valence-electron chi connectivity index (χ4n) is 7.54. The van der Waals surface area contributed by atoms with Gasteiger partial charge in [-0.15, -0.1) is 0 Å². The number of amides is 1. The Kier molecular flexibility index (Phi) is 9.21. The molecule has 40 heavy (non-hydrogen) atoms. The van der Waals surface area contributed by atoms with Gasteiger partial charge in [0.2, 0.25) is 5.91 Å². The van der Waals surface area contributed by atoms with Crippen LogP contribution in [0.4, 0.5) is 0 Å². The van der Waals surface area contributed by atoms with Gasteiger partial charge in [0.15, 0.2) is 0 Å². The van der Waals surface area contributed by atoms with Crippen LogP contribution in [-0.2, 0) is 16.6 Å². The smallest absolute Gasteiger partial charge is 0.222 e. The fourth-order valence-corrected chi connectivity index (χ4v) is 7.54. The quantitative estimate of drug-likeness (QED) is 0.306. The number of likely N-dealkylation sites (tertiary alicyclic amines) is 1. The summed E-state index contributed by atoms with van der Waals surface area (Å²) in [6.07, 6.45) is 10.5. The van der Waals surface area contributed by atoms with E-state index in [1.165, 1.54) is 18.4 Å². The molecule has 2 saturated carbocycles. The predicted octanol–water partition coefficient (Wildman–Crippen LogP) is 6.32. The van der Waals surface area contributed by atoms with Crippen LogP contribution in [0.1, 0.15) is 89.2 Å². The molecule has 1 heterocycles. The minimum absolute atomic E-state index is 0.108. The largest absolute Gasteiger partial charge is 0.508 e. The lowest BCUT2D eigenvalue weighted by molar-refractivity contribution is -0.150. The maximum atomic E-state index is 13.7. The highest BCUT2D eigenvalue weighted by Gasteiger charge is 2.58. The molecule has 218 valence electrons. The number of phenolic OH excluding ortho intramolecular Hbond substituents is 1. The second kappa shape index (κ2) is 12.7. The number of β-amino-alcohol motifs (C(OH)–C–C–N with tert-alkyl or cyclic N) is 1. The number of hydrogen-bond donors (Lipinski definition) is 2. The first-order valence-corrected chi connectivity index (χ1v) is 15.9. The van der Waals surface area contributed by atoms with Gasteiger partial charge in [0, 0.05) is 37.5 Å². The number of carbonyl (C=O) groups is 1. The van der Waals surface area contributed by atoms with E-state index in [1.807, 2.05) is 12.1 Å². The van der Waals surface area contributed by atoms with Gasteiger partial charge >= 0.3 is 0 Å². The average molecular weight is 547 g/mol. The summed E-state index contributed by atoms with van der Waals surface area (Å²) in [5, 5.41) is 22.8. The number of piperidine rings is 1. The van der Waals surface area contributed by atoms with E-state index in [-0.39, 0.29) is 17.7 Å². The molecule has 1 saturated heterocycles. The van der Waals surface area contributed by atoms with Crippen LogP contribution in [-0.4, -0.2) is 63.7 Å². The van der Waals surface area contributed by atoms with Crippen LogP contribution < -0.4 is 0 Å². The number of carbonyl (C=O) groups excluding carboxylic acids is 1. The average Bonchev–Trinajstić information content (AvgIpc) is 3.75. The topological polar surface area (TPSA) is 64.0 Å². The van der Waals surface area contributed by atoms with Gasteiger partial charge in [-0.1, -0.05) is 62.7 Å². The molecule has 5 heteroatoms. The number of aliphatic hydroxyl groups is 1. The van der Waals surface area contributed by atoms with Crippen LogP contribution in [0.3, 0.4) is 0 Å². The monoisotopic (exact) mass is 546 g/mol. The van der Waals surface area contributed by atoms with Crippen LogP contribution in [0, 0.1) is 11.8 Å². The summed E-state index contributed by atoms with van der Waals surface area (Å²) in [7, 11) is 0. The summed E-state index contributed by atoms with van der Waals surface area (Å²) in [6, 6.07) is 18.3. The number of rotatable bonds is 12. The predicted molar refractivity (Wildman–Crippen MR) is 161 cm³/mol. The highest BCUT2D eigenvalue weighted by molar-refractivity contribution is 5.76. The Hall–Kier alpha value is -2.37. The second-order valence-corrected chi connectivity index (χ2v) is 13.5. The van der Waals surface area contributed by atoms with Crippen LogP contribution in [0.25, 0.3) is 0 Å². The fraction of sp³-hybridized carbons (Fsp3) is 0.629. The van der Waals surface area contributed by atoms with Gasteiger partial charge in [-0.25, -0.2) is 0 Å². The number of phenols is 1. The molecule has 3 atom stereocenters. The van der Waals surface area contributed by atoms with Gasteiger partial charge in [-0.2, -0.15) is 0 Å². The molecule has 3 aliphatic rings. The lowest BCUT2D eigenvalue weighted by Crippen LogP contribution is -2.67. The van der Waals surface area contributed by atoms with Crippen LogP contribution in [0.2, 0.25) is 0 Å². The Bertz CT molecular complexity index is 1120. The number of benzene rings is 2. The molecule has 2 aliphatic carbocycles. The van der Waals surface area contributed by atoms with Crippen molar-refractivity contribution in [1.29, 1.82) is 0 Å². The van der Waals surface area contributed by atoms with E-state index in [0.717, 1.165) is 76.1 Å². The first-order valence-electron chi connectivity index (χ1n) is 15.9. The Balaban J connectivity index is 1.29. The Labute approximate surface area is 241 Å². The lowest BCUT2D eigenvalue weighted by atomic mass is 9.55. The first kappa shape index (κ1) is 29.1. The van der Waals surface area contributed by atoms with Crippen LogP contribution in [0.15, 0.2) is 54.6 Å². The van der Waals surface area contributed by atoms with E-state index in [0.29, 0.717) is 25.3 Å². The molecule has 2 aromatic carbocycles. The third-order valence-corrected chi connectivity index (χ3v) is 9.84. The molecule has 2 N–H and O–H groups in total. The van der Waals surface area contributed by atoms with Crippen LogP contribution >= 0.6 is 0 Å². The Morgan fingerprint density at radius 3 is 2.55 bits per heavy atom. The number of aryl methyl sites for hydroxylation is 1. The van der Waals surface area contributed by atoms with E-state index >= 15 is 0 Å². The van der Waals surface area contributed by atoms with Gasteiger partial charge < -0.3 is 20.0 Å². The van der Waals surface area contributed by atoms with Gasteiger partial charge in [0.1, 0.15) is 5.75 Å². The molecule has 5 nitrogen and oxygen atoms in total. The van der Waals surface area contributed by atoms with Crippen molar-refractivity contribution in [2.75, 3.05) is 26.2 Å². The second-order valence-electron chi connectivity index (χ2n) is 13.5. The van der Waals surface area contributed by atoms with E-state index in [9.17, 15) is 15.0 Å². The van der Waals surface area contributed by atoms with Gasteiger partial charge in [-0.05, 0) is 99.4 Å². The zero-order valence-electron chi connectivity index (χ0n) is 24.7. The molecule has 2 aromatic rings. The molecule has 0 spiro atoms. The third kappa shape index (κ3) is 6.74. The van der Waals surface area contributed by atoms with E-state index < -0.39 is 11.0 Å². The standard InChI is InChI=1S/C35H50N2O3/c1-27(2)24-37(33(39)15-8-4-7-12-28-10-5-3-6-11-28)31-18-19-35(40)26-36(25-29-16-17-29)21-20-34(35,23-31)30-13-9-14-32(38)22-30/h3,5-6,9-11,13-14,22,27,29,31,38,40H,4,7-8,12,15-21,23-26H2,1-2H3/t31-,34-,35-/m0/s1. The van der Waals surface area contributed by atoms with E-state index in [1.54, 1.807) is 6.07 Å². The molecule has 1 amide bonds. The molecule has 5 rings (SSSR count). The van der Waals surface area contributed by atoms with Crippen molar-refractivity contribution < 1.29 is 15.0 Å². The summed E-state index contributed by atoms with van der Waals surface area (Å²) in [4.78, 5) is 18.4. The molecule has 3 fully saturated rings. The Morgan fingerprint density at radius 1 is 1.02 bits per heavy atom. The van der Waals surface area contributed by atoms with Crippen molar-refractivity contribution in [3.63, 3.8) is 0 Å². The van der Waals surface area contributed by atoms with Crippen molar-refractivity contribution in [2.45, 2.75) is 102 Å². The summed E-state index contributed by atoms with van der Waals surface area (Å²) in [6.45, 7) is 7.88. The van der Waals surface area contributed by atoms with Crippen molar-refractivity contribution in [2.24, 2.45) is 11.8 Å². The normalized spacial score (nSPS) is 26.9. The van der Waals surface area contributed by atoms with E-state index in [4.69, 9.17) is 0 Å². The summed E-state index contributed by atoms with van der Waals surface area (Å²) < 4.78 is 0. The number of unbranched alkanes of at least 4 members (excludes halogenated alkanes) is 2. The van der Waals surface area contributed by atoms with Crippen molar-refractivity contribution in [3.8, 4) is 5.75 Å². The molecule has 1 aliphatic heterocycles. The van der Waals surface area contributed by atoms with Crippen molar-refractivity contribution in [3.05, 3.63) is 65.7 Å².